The van der Waals surface area contributed by atoms with Crippen LogP contribution in [0.25, 0.3) is 0 Å². The number of ketones is 2. The Bertz CT molecular complexity index is 355. The minimum atomic E-state index is -4.65. The minimum Gasteiger partial charge on any atom is -0.460 e. The lowest BCUT2D eigenvalue weighted by atomic mass is 9.96. The van der Waals surface area contributed by atoms with Gasteiger partial charge in [-0.3, -0.25) is 9.59 Å². The Labute approximate surface area is 95.1 Å². The predicted octanol–water partition coefficient (Wildman–Crippen LogP) is 1.42. The maximum absolute atomic E-state index is 12.5. The van der Waals surface area contributed by atoms with E-state index in [4.69, 9.17) is 0 Å². The van der Waals surface area contributed by atoms with Gasteiger partial charge in [0, 0.05) is 0 Å². The average molecular weight is 252 g/mol. The van der Waals surface area contributed by atoms with E-state index in [1.165, 1.54) is 6.92 Å². The lowest BCUT2D eigenvalue weighted by Crippen LogP contribution is -2.35. The molecule has 1 rings (SSSR count). The largest absolute Gasteiger partial charge is 0.460 e. The summed E-state index contributed by atoms with van der Waals surface area (Å²) in [5, 5.41) is 0. The fraction of sp³-hybridized carbons (Fsp3) is 0.700. The fourth-order valence-electron chi connectivity index (χ4n) is 1.44. The predicted molar refractivity (Wildman–Crippen MR) is 49.0 cm³/mol. The number of rotatable bonds is 5. The van der Waals surface area contributed by atoms with Gasteiger partial charge in [0.05, 0.1) is 13.0 Å². The van der Waals surface area contributed by atoms with Gasteiger partial charge in [0.2, 0.25) is 5.78 Å². The van der Waals surface area contributed by atoms with Crippen molar-refractivity contribution in [3.05, 3.63) is 0 Å². The number of halogens is 3. The Kier molecular flexibility index (Phi) is 3.59. The first-order valence-electron chi connectivity index (χ1n) is 5.04. The van der Waals surface area contributed by atoms with Gasteiger partial charge in [0.15, 0.2) is 5.78 Å². The van der Waals surface area contributed by atoms with Crippen molar-refractivity contribution in [3.8, 4) is 0 Å². The van der Waals surface area contributed by atoms with Crippen molar-refractivity contribution >= 4 is 17.5 Å². The molecule has 1 fully saturated rings. The zero-order valence-electron chi connectivity index (χ0n) is 9.10. The maximum atomic E-state index is 12.5. The van der Waals surface area contributed by atoms with E-state index in [9.17, 15) is 27.6 Å². The Hall–Kier alpha value is -1.40. The molecular weight excluding hydrogens is 241 g/mol. The molecule has 0 aromatic heterocycles. The molecule has 17 heavy (non-hydrogen) atoms. The molecule has 0 amide bonds. The van der Waals surface area contributed by atoms with Crippen LogP contribution in [-0.2, 0) is 19.1 Å². The molecule has 0 N–H and O–H groups in total. The number of hydrogen-bond acceptors (Lipinski definition) is 4. The highest BCUT2D eigenvalue weighted by atomic mass is 19.4. The monoisotopic (exact) mass is 252 g/mol. The van der Waals surface area contributed by atoms with Crippen LogP contribution >= 0.6 is 0 Å². The molecule has 0 spiro atoms. The first-order valence-corrected chi connectivity index (χ1v) is 5.04. The minimum absolute atomic E-state index is 0.0663. The molecule has 0 aliphatic heterocycles. The second-order valence-corrected chi connectivity index (χ2v) is 3.82. The molecule has 0 aromatic rings. The Morgan fingerprint density at radius 3 is 2.12 bits per heavy atom. The summed E-state index contributed by atoms with van der Waals surface area (Å²) in [5.74, 6) is -3.74. The topological polar surface area (TPSA) is 60.4 Å². The quantitative estimate of drug-likeness (QED) is 0.422. The molecule has 0 bridgehead atoms. The van der Waals surface area contributed by atoms with E-state index in [0.717, 1.165) is 0 Å². The van der Waals surface area contributed by atoms with Gasteiger partial charge in [0.1, 0.15) is 5.41 Å². The van der Waals surface area contributed by atoms with Crippen LogP contribution in [0.5, 0.6) is 0 Å². The zero-order chi connectivity index (χ0) is 13.3. The molecule has 4 nitrogen and oxygen atoms in total. The van der Waals surface area contributed by atoms with Crippen molar-refractivity contribution < 1.29 is 32.3 Å². The highest BCUT2D eigenvalue weighted by Crippen LogP contribution is 2.58. The van der Waals surface area contributed by atoms with Crippen LogP contribution < -0.4 is 0 Å². The Morgan fingerprint density at radius 2 is 1.76 bits per heavy atom. The second-order valence-electron chi connectivity index (χ2n) is 3.82. The summed E-state index contributed by atoms with van der Waals surface area (Å²) in [6, 6.07) is 0. The molecule has 1 aliphatic carbocycles. The van der Waals surface area contributed by atoms with Gasteiger partial charge in [-0.25, -0.2) is 4.79 Å². The lowest BCUT2D eigenvalue weighted by molar-refractivity contribution is -0.191. The van der Waals surface area contributed by atoms with Crippen molar-refractivity contribution in [2.75, 3.05) is 6.61 Å². The molecular formula is C10H11F3O4. The summed E-state index contributed by atoms with van der Waals surface area (Å²) >= 11 is 0. The van der Waals surface area contributed by atoms with Crippen LogP contribution in [0.3, 0.4) is 0 Å². The Balaban J connectivity index is 2.62. The van der Waals surface area contributed by atoms with Crippen molar-refractivity contribution in [3.63, 3.8) is 0 Å². The van der Waals surface area contributed by atoms with Gasteiger partial charge in [-0.2, -0.15) is 13.2 Å². The summed E-state index contributed by atoms with van der Waals surface area (Å²) in [7, 11) is 0. The Morgan fingerprint density at radius 1 is 1.24 bits per heavy atom. The molecule has 0 unspecified atom stereocenters. The number of alkyl halides is 3. The van der Waals surface area contributed by atoms with Crippen molar-refractivity contribution in [1.82, 2.24) is 0 Å². The molecule has 1 aliphatic rings. The van der Waals surface area contributed by atoms with Crippen molar-refractivity contribution in [2.24, 2.45) is 5.41 Å². The number of ether oxygens (including phenoxy) is 1. The molecule has 0 saturated heterocycles. The zero-order valence-corrected chi connectivity index (χ0v) is 9.10. The van der Waals surface area contributed by atoms with E-state index in [-0.39, 0.29) is 19.4 Å². The summed E-state index contributed by atoms with van der Waals surface area (Å²) in [6.45, 7) is 1.38. The van der Waals surface area contributed by atoms with E-state index < -0.39 is 35.5 Å². The van der Waals surface area contributed by atoms with Crippen LogP contribution in [0.1, 0.15) is 26.2 Å². The van der Waals surface area contributed by atoms with E-state index in [1.807, 2.05) is 0 Å². The van der Waals surface area contributed by atoms with E-state index in [1.54, 1.807) is 0 Å². The smallest absolute Gasteiger partial charge is 0.401 e. The summed E-state index contributed by atoms with van der Waals surface area (Å²) in [6.07, 6.45) is -6.33. The van der Waals surface area contributed by atoms with E-state index in [0.29, 0.717) is 0 Å². The normalized spacial score (nSPS) is 17.4. The third-order valence-electron chi connectivity index (χ3n) is 2.65. The number of carbonyl (C=O) groups excluding carboxylic acids is 3. The summed E-state index contributed by atoms with van der Waals surface area (Å²) in [4.78, 5) is 33.3. The first kappa shape index (κ1) is 13.7. The number of esters is 1. The van der Waals surface area contributed by atoms with Gasteiger partial charge in [-0.1, -0.05) is 0 Å². The third kappa shape index (κ3) is 2.65. The molecule has 0 aromatic carbocycles. The van der Waals surface area contributed by atoms with E-state index in [2.05, 4.69) is 4.74 Å². The van der Waals surface area contributed by atoms with Crippen LogP contribution in [0.15, 0.2) is 0 Å². The molecule has 96 valence electrons. The molecule has 0 heterocycles. The van der Waals surface area contributed by atoms with Gasteiger partial charge in [0.25, 0.3) is 0 Å². The maximum Gasteiger partial charge on any atom is 0.401 e. The van der Waals surface area contributed by atoms with Crippen LogP contribution in [-0.4, -0.2) is 30.3 Å². The standard InChI is InChI=1S/C10H11F3O4/c1-2-17-8(16)6(14)5-7(15)9(3-4-9)10(11,12)13/h2-5H2,1H3. The second kappa shape index (κ2) is 4.46. The summed E-state index contributed by atoms with van der Waals surface area (Å²) < 4.78 is 41.8. The van der Waals surface area contributed by atoms with Crippen LogP contribution in [0.4, 0.5) is 13.2 Å². The molecule has 0 radical (unpaired) electrons. The van der Waals surface area contributed by atoms with Crippen molar-refractivity contribution in [1.29, 1.82) is 0 Å². The number of hydrogen-bond donors (Lipinski definition) is 0. The number of Topliss-reactive ketones (excluding diaryl/α,β-unsaturated/α-hetero) is 2. The van der Waals surface area contributed by atoms with Gasteiger partial charge < -0.3 is 4.74 Å². The van der Waals surface area contributed by atoms with Gasteiger partial charge in [-0.05, 0) is 19.8 Å². The first-order chi connectivity index (χ1) is 7.74. The highest BCUT2D eigenvalue weighted by molar-refractivity contribution is 6.37. The molecule has 7 heteroatoms. The highest BCUT2D eigenvalue weighted by Gasteiger charge is 2.67. The van der Waals surface area contributed by atoms with E-state index >= 15 is 0 Å². The number of carbonyl (C=O) groups is 3. The van der Waals surface area contributed by atoms with Crippen LogP contribution in [0, 0.1) is 5.41 Å². The van der Waals surface area contributed by atoms with Crippen molar-refractivity contribution in [2.45, 2.75) is 32.4 Å². The third-order valence-corrected chi connectivity index (χ3v) is 2.65. The lowest BCUT2D eigenvalue weighted by Gasteiger charge is -2.16. The SMILES string of the molecule is CCOC(=O)C(=O)CC(=O)C1(C(F)(F)F)CC1. The molecule has 1 saturated carbocycles. The summed E-state index contributed by atoms with van der Waals surface area (Å²) in [5.41, 5.74) is -2.41. The van der Waals surface area contributed by atoms with Gasteiger partial charge in [-0.15, -0.1) is 0 Å². The fourth-order valence-corrected chi connectivity index (χ4v) is 1.44. The van der Waals surface area contributed by atoms with Gasteiger partial charge >= 0.3 is 12.1 Å². The van der Waals surface area contributed by atoms with Crippen LogP contribution in [0.2, 0.25) is 0 Å². The molecule has 0 atom stereocenters. The average Bonchev–Trinajstić information content (AvgIpc) is 2.97.